The summed E-state index contributed by atoms with van der Waals surface area (Å²) in [7, 11) is 3.43. The largest absolute Gasteiger partial charge is 0.355 e. The first-order valence-corrected chi connectivity index (χ1v) is 9.56. The Kier molecular flexibility index (Phi) is 6.34. The van der Waals surface area contributed by atoms with Gasteiger partial charge in [0, 0.05) is 30.4 Å². The average Bonchev–Trinajstić information content (AvgIpc) is 2.70. The molecule has 0 fully saturated rings. The van der Waals surface area contributed by atoms with Crippen molar-refractivity contribution in [1.82, 2.24) is 4.90 Å². The van der Waals surface area contributed by atoms with E-state index in [9.17, 15) is 9.59 Å². The monoisotopic (exact) mass is 391 g/mol. The normalized spacial score (nSPS) is 10.2. The maximum absolute atomic E-state index is 12.8. The van der Waals surface area contributed by atoms with Crippen LogP contribution in [0.4, 0.5) is 21.9 Å². The van der Waals surface area contributed by atoms with Gasteiger partial charge in [-0.05, 0) is 60.3 Å². The summed E-state index contributed by atoms with van der Waals surface area (Å²) < 4.78 is 0. The smallest absolute Gasteiger partial charge is 0.285 e. The SMILES string of the molecule is CN(C)C(=O)Sc1ccc(NC(=O)c2ccccc2Nc2ccccc2)cc1. The zero-order valence-electron chi connectivity index (χ0n) is 15.7. The molecule has 0 aromatic heterocycles. The predicted octanol–water partition coefficient (Wildman–Crippen LogP) is 5.46. The number of carbonyl (C=O) groups excluding carboxylic acids is 2. The van der Waals surface area contributed by atoms with Gasteiger partial charge in [0.1, 0.15) is 0 Å². The van der Waals surface area contributed by atoms with E-state index >= 15 is 0 Å². The zero-order chi connectivity index (χ0) is 19.9. The van der Waals surface area contributed by atoms with Crippen molar-refractivity contribution in [3.8, 4) is 0 Å². The summed E-state index contributed by atoms with van der Waals surface area (Å²) in [5.74, 6) is -0.205. The molecule has 0 aliphatic heterocycles. The molecule has 0 radical (unpaired) electrons. The highest BCUT2D eigenvalue weighted by atomic mass is 32.2. The van der Waals surface area contributed by atoms with E-state index in [1.807, 2.05) is 60.7 Å². The third-order valence-electron chi connectivity index (χ3n) is 3.91. The Morgan fingerprint density at radius 2 is 1.43 bits per heavy atom. The second kappa shape index (κ2) is 9.10. The van der Waals surface area contributed by atoms with Gasteiger partial charge in [0.05, 0.1) is 11.3 Å². The van der Waals surface area contributed by atoms with E-state index in [0.29, 0.717) is 11.3 Å². The number of nitrogens with zero attached hydrogens (tertiary/aromatic N) is 1. The molecule has 28 heavy (non-hydrogen) atoms. The van der Waals surface area contributed by atoms with Crippen LogP contribution in [0, 0.1) is 0 Å². The third-order valence-corrected chi connectivity index (χ3v) is 4.95. The Morgan fingerprint density at radius 3 is 2.11 bits per heavy atom. The maximum Gasteiger partial charge on any atom is 0.285 e. The molecule has 2 N–H and O–H groups in total. The maximum atomic E-state index is 12.8. The lowest BCUT2D eigenvalue weighted by molar-refractivity contribution is 0.102. The molecule has 0 bridgehead atoms. The van der Waals surface area contributed by atoms with Crippen LogP contribution < -0.4 is 10.6 Å². The van der Waals surface area contributed by atoms with Crippen LogP contribution in [0.1, 0.15) is 10.4 Å². The first kappa shape index (κ1) is 19.5. The molecule has 2 amide bonds. The fraction of sp³-hybridized carbons (Fsp3) is 0.0909. The van der Waals surface area contributed by atoms with E-state index in [-0.39, 0.29) is 11.1 Å². The van der Waals surface area contributed by atoms with Crippen molar-refractivity contribution < 1.29 is 9.59 Å². The Balaban J connectivity index is 1.70. The third kappa shape index (κ3) is 5.14. The topological polar surface area (TPSA) is 61.4 Å². The van der Waals surface area contributed by atoms with Crippen molar-refractivity contribution >= 4 is 40.0 Å². The first-order valence-electron chi connectivity index (χ1n) is 8.74. The number of nitrogens with one attached hydrogen (secondary N) is 2. The van der Waals surface area contributed by atoms with Gasteiger partial charge < -0.3 is 15.5 Å². The summed E-state index contributed by atoms with van der Waals surface area (Å²) in [5.41, 5.74) is 2.86. The standard InChI is InChI=1S/C22H21N3O2S/c1-25(2)22(27)28-18-14-12-17(13-15-18)24-21(26)19-10-6-7-11-20(19)23-16-8-4-3-5-9-16/h3-15,23H,1-2H3,(H,24,26). The molecular formula is C22H21N3O2S. The Morgan fingerprint density at radius 1 is 0.786 bits per heavy atom. The van der Waals surface area contributed by atoms with Crippen LogP contribution >= 0.6 is 11.8 Å². The Hall–Kier alpha value is -3.25. The van der Waals surface area contributed by atoms with Gasteiger partial charge >= 0.3 is 0 Å². The second-order valence-electron chi connectivity index (χ2n) is 6.28. The minimum atomic E-state index is -0.205. The second-order valence-corrected chi connectivity index (χ2v) is 7.30. The predicted molar refractivity (Wildman–Crippen MR) is 116 cm³/mol. The minimum Gasteiger partial charge on any atom is -0.355 e. The number of rotatable bonds is 5. The number of para-hydroxylation sites is 2. The van der Waals surface area contributed by atoms with Gasteiger partial charge in [-0.25, -0.2) is 0 Å². The molecule has 3 aromatic carbocycles. The van der Waals surface area contributed by atoms with Gasteiger partial charge in [-0.1, -0.05) is 30.3 Å². The number of thioether (sulfide) groups is 1. The molecule has 0 saturated carbocycles. The summed E-state index contributed by atoms with van der Waals surface area (Å²) in [6.07, 6.45) is 0. The van der Waals surface area contributed by atoms with E-state index < -0.39 is 0 Å². The van der Waals surface area contributed by atoms with Crippen LogP contribution in [0.5, 0.6) is 0 Å². The molecule has 6 heteroatoms. The summed E-state index contributed by atoms with van der Waals surface area (Å²) >= 11 is 1.14. The highest BCUT2D eigenvalue weighted by Gasteiger charge is 2.12. The van der Waals surface area contributed by atoms with Crippen molar-refractivity contribution in [2.75, 3.05) is 24.7 Å². The van der Waals surface area contributed by atoms with Crippen molar-refractivity contribution in [1.29, 1.82) is 0 Å². The summed E-state index contributed by atoms with van der Waals surface area (Å²) in [5, 5.41) is 6.13. The van der Waals surface area contributed by atoms with E-state index in [2.05, 4.69) is 10.6 Å². The van der Waals surface area contributed by atoms with Gasteiger partial charge in [0.2, 0.25) is 0 Å². The van der Waals surface area contributed by atoms with E-state index in [4.69, 9.17) is 0 Å². The molecule has 0 saturated heterocycles. The molecule has 0 spiro atoms. The highest BCUT2D eigenvalue weighted by Crippen LogP contribution is 2.24. The van der Waals surface area contributed by atoms with Gasteiger partial charge in [-0.15, -0.1) is 0 Å². The van der Waals surface area contributed by atoms with Crippen LogP contribution in [0.2, 0.25) is 0 Å². The molecule has 0 aliphatic carbocycles. The number of amides is 2. The number of hydrogen-bond donors (Lipinski definition) is 2. The van der Waals surface area contributed by atoms with E-state index in [1.54, 1.807) is 32.3 Å². The number of hydrogen-bond acceptors (Lipinski definition) is 4. The molecule has 0 heterocycles. The van der Waals surface area contributed by atoms with Crippen LogP contribution in [-0.4, -0.2) is 30.1 Å². The lowest BCUT2D eigenvalue weighted by atomic mass is 10.1. The fourth-order valence-corrected chi connectivity index (χ4v) is 3.12. The van der Waals surface area contributed by atoms with Crippen molar-refractivity contribution in [3.05, 3.63) is 84.4 Å². The number of anilines is 3. The van der Waals surface area contributed by atoms with Crippen LogP contribution in [0.15, 0.2) is 83.8 Å². The molecule has 5 nitrogen and oxygen atoms in total. The van der Waals surface area contributed by atoms with Crippen LogP contribution in [0.3, 0.4) is 0 Å². The summed E-state index contributed by atoms with van der Waals surface area (Å²) in [4.78, 5) is 26.9. The molecule has 3 rings (SSSR count). The van der Waals surface area contributed by atoms with E-state index in [1.165, 1.54) is 4.90 Å². The van der Waals surface area contributed by atoms with Crippen molar-refractivity contribution in [2.45, 2.75) is 4.90 Å². The average molecular weight is 391 g/mol. The summed E-state index contributed by atoms with van der Waals surface area (Å²) in [6, 6.07) is 24.3. The Labute approximate surface area is 168 Å². The minimum absolute atomic E-state index is 0.0438. The fourth-order valence-electron chi connectivity index (χ4n) is 2.46. The van der Waals surface area contributed by atoms with Crippen molar-refractivity contribution in [3.63, 3.8) is 0 Å². The van der Waals surface area contributed by atoms with Gasteiger partial charge in [-0.3, -0.25) is 9.59 Å². The molecule has 0 unspecified atom stereocenters. The molecule has 0 atom stereocenters. The van der Waals surface area contributed by atoms with Gasteiger partial charge in [-0.2, -0.15) is 0 Å². The lowest BCUT2D eigenvalue weighted by Gasteiger charge is -2.13. The molecule has 0 aliphatic rings. The quantitative estimate of drug-likeness (QED) is 0.567. The lowest BCUT2D eigenvalue weighted by Crippen LogP contribution is -2.16. The van der Waals surface area contributed by atoms with Gasteiger partial charge in [0.15, 0.2) is 0 Å². The van der Waals surface area contributed by atoms with Crippen molar-refractivity contribution in [2.24, 2.45) is 0 Å². The summed E-state index contributed by atoms with van der Waals surface area (Å²) in [6.45, 7) is 0. The molecule has 142 valence electrons. The van der Waals surface area contributed by atoms with Gasteiger partial charge in [0.25, 0.3) is 11.1 Å². The molecular weight excluding hydrogens is 370 g/mol. The zero-order valence-corrected chi connectivity index (χ0v) is 16.5. The highest BCUT2D eigenvalue weighted by molar-refractivity contribution is 8.13. The Bertz CT molecular complexity index is 957. The van der Waals surface area contributed by atoms with E-state index in [0.717, 1.165) is 28.0 Å². The number of benzene rings is 3. The molecule has 3 aromatic rings. The van der Waals surface area contributed by atoms with Crippen LogP contribution in [0.25, 0.3) is 0 Å². The first-order chi connectivity index (χ1) is 13.5. The van der Waals surface area contributed by atoms with Crippen LogP contribution in [-0.2, 0) is 0 Å². The number of carbonyl (C=O) groups is 2.